The van der Waals surface area contributed by atoms with Crippen LogP contribution in [0.25, 0.3) is 0 Å². The van der Waals surface area contributed by atoms with Crippen LogP contribution in [0.1, 0.15) is 24.8 Å². The van der Waals surface area contributed by atoms with Crippen LogP contribution in [-0.2, 0) is 20.9 Å². The lowest BCUT2D eigenvalue weighted by molar-refractivity contribution is -0.137. The van der Waals surface area contributed by atoms with Crippen LogP contribution in [0.4, 0.5) is 4.79 Å². The van der Waals surface area contributed by atoms with E-state index in [0.717, 1.165) is 23.3 Å². The van der Waals surface area contributed by atoms with Crippen molar-refractivity contribution in [1.82, 2.24) is 15.5 Å². The number of nitrogens with one attached hydrogen (secondary N) is 2. The molecule has 0 radical (unpaired) electrons. The van der Waals surface area contributed by atoms with E-state index in [9.17, 15) is 14.4 Å². The summed E-state index contributed by atoms with van der Waals surface area (Å²) in [6.07, 6.45) is 1.22. The third-order valence-corrected chi connectivity index (χ3v) is 4.49. The molecule has 1 heterocycles. The molecule has 7 nitrogen and oxygen atoms in total. The molecule has 128 valence electrons. The van der Waals surface area contributed by atoms with Gasteiger partial charge in [-0.25, -0.2) is 4.79 Å². The molecule has 2 N–H and O–H groups in total. The molecule has 1 atom stereocenters. The van der Waals surface area contributed by atoms with Crippen molar-refractivity contribution < 1.29 is 19.1 Å². The first kappa shape index (κ1) is 16.4. The van der Waals surface area contributed by atoms with Crippen LogP contribution in [0.15, 0.2) is 30.3 Å². The van der Waals surface area contributed by atoms with Crippen molar-refractivity contribution >= 4 is 17.9 Å². The Hall–Kier alpha value is -2.41. The van der Waals surface area contributed by atoms with Crippen LogP contribution in [0.2, 0.25) is 0 Å². The summed E-state index contributed by atoms with van der Waals surface area (Å²) in [6, 6.07) is 9.23. The lowest BCUT2D eigenvalue weighted by atomic mass is 9.86. The van der Waals surface area contributed by atoms with Crippen LogP contribution in [-0.4, -0.2) is 48.0 Å². The molecule has 2 fully saturated rings. The second-order valence-electron chi connectivity index (χ2n) is 6.29. The Balaban J connectivity index is 1.34. The molecule has 0 spiro atoms. The molecule has 2 aliphatic rings. The molecule has 3 amide bonds. The number of amides is 3. The van der Waals surface area contributed by atoms with E-state index in [1.807, 2.05) is 30.3 Å². The van der Waals surface area contributed by atoms with Gasteiger partial charge in [-0.05, 0) is 18.4 Å². The van der Waals surface area contributed by atoms with E-state index < -0.39 is 12.1 Å². The summed E-state index contributed by atoms with van der Waals surface area (Å²) in [7, 11) is 1.50. The standard InChI is InChI=1S/C17H21N3O4/c1-20-15(21)9-14(16(20)22)18-12-7-13(8-12)19-17(23)24-10-11-5-3-2-4-6-11/h2-6,12-14,18H,7-10H2,1H3,(H,19,23). The fourth-order valence-corrected chi connectivity index (χ4v) is 2.97. The minimum absolute atomic E-state index is 0.0377. The summed E-state index contributed by atoms with van der Waals surface area (Å²) in [6.45, 7) is 0.242. The zero-order valence-corrected chi connectivity index (χ0v) is 13.5. The molecule has 1 aromatic carbocycles. The number of carbonyl (C=O) groups excluding carboxylic acids is 3. The topological polar surface area (TPSA) is 87.7 Å². The van der Waals surface area contributed by atoms with Gasteiger partial charge < -0.3 is 15.4 Å². The number of likely N-dealkylation sites (N-methyl/N-ethyl adjacent to an activating group) is 1. The number of hydrogen-bond acceptors (Lipinski definition) is 5. The first-order valence-electron chi connectivity index (χ1n) is 8.06. The zero-order chi connectivity index (χ0) is 17.1. The Morgan fingerprint density at radius 2 is 1.92 bits per heavy atom. The predicted octanol–water partition coefficient (Wildman–Crippen LogP) is 0.791. The molecule has 3 rings (SSSR count). The van der Waals surface area contributed by atoms with Gasteiger partial charge in [-0.2, -0.15) is 0 Å². The van der Waals surface area contributed by atoms with Crippen LogP contribution in [0, 0.1) is 0 Å². The molecule has 1 aromatic rings. The maximum atomic E-state index is 11.8. The second kappa shape index (κ2) is 7.00. The van der Waals surface area contributed by atoms with E-state index in [1.54, 1.807) is 0 Å². The Kier molecular flexibility index (Phi) is 4.80. The monoisotopic (exact) mass is 331 g/mol. The van der Waals surface area contributed by atoms with Crippen LogP contribution >= 0.6 is 0 Å². The maximum Gasteiger partial charge on any atom is 0.407 e. The molecular formula is C17H21N3O4. The third kappa shape index (κ3) is 3.73. The summed E-state index contributed by atoms with van der Waals surface area (Å²) in [5.74, 6) is -0.338. The van der Waals surface area contributed by atoms with Gasteiger partial charge in [0.25, 0.3) is 0 Å². The summed E-state index contributed by atoms with van der Waals surface area (Å²) in [5, 5.41) is 5.99. The van der Waals surface area contributed by atoms with Gasteiger partial charge in [0.1, 0.15) is 6.61 Å². The number of nitrogens with zero attached hydrogens (tertiary/aromatic N) is 1. The van der Waals surface area contributed by atoms with Gasteiger partial charge in [0.05, 0.1) is 12.5 Å². The third-order valence-electron chi connectivity index (χ3n) is 4.49. The smallest absolute Gasteiger partial charge is 0.407 e. The number of benzene rings is 1. The van der Waals surface area contributed by atoms with Crippen LogP contribution < -0.4 is 10.6 Å². The summed E-state index contributed by atoms with van der Waals surface area (Å²) in [5.41, 5.74) is 0.939. The predicted molar refractivity (Wildman–Crippen MR) is 85.9 cm³/mol. The molecule has 1 unspecified atom stereocenters. The highest BCUT2D eigenvalue weighted by atomic mass is 16.5. The number of rotatable bonds is 5. The molecular weight excluding hydrogens is 310 g/mol. The van der Waals surface area contributed by atoms with Crippen LogP contribution in [0.5, 0.6) is 0 Å². The maximum absolute atomic E-state index is 11.8. The van der Waals surface area contributed by atoms with Crippen molar-refractivity contribution in [2.75, 3.05) is 7.05 Å². The quantitative estimate of drug-likeness (QED) is 0.779. The fourth-order valence-electron chi connectivity index (χ4n) is 2.97. The van der Waals surface area contributed by atoms with Gasteiger partial charge >= 0.3 is 6.09 Å². The minimum Gasteiger partial charge on any atom is -0.445 e. The first-order chi connectivity index (χ1) is 11.5. The molecule has 7 heteroatoms. The summed E-state index contributed by atoms with van der Waals surface area (Å²) >= 11 is 0. The van der Waals surface area contributed by atoms with Gasteiger partial charge in [-0.3, -0.25) is 14.5 Å². The Bertz CT molecular complexity index is 628. The average Bonchev–Trinajstić information content (AvgIpc) is 2.79. The Morgan fingerprint density at radius 1 is 1.21 bits per heavy atom. The highest BCUT2D eigenvalue weighted by molar-refractivity contribution is 6.05. The molecule has 0 aromatic heterocycles. The van der Waals surface area contributed by atoms with E-state index in [0.29, 0.717) is 0 Å². The lowest BCUT2D eigenvalue weighted by Gasteiger charge is -2.37. The fraction of sp³-hybridized carbons (Fsp3) is 0.471. The SMILES string of the molecule is CN1C(=O)CC(NC2CC(NC(=O)OCc3ccccc3)C2)C1=O. The number of imide groups is 1. The lowest BCUT2D eigenvalue weighted by Crippen LogP contribution is -2.55. The van der Waals surface area contributed by atoms with Gasteiger partial charge in [-0.15, -0.1) is 0 Å². The summed E-state index contributed by atoms with van der Waals surface area (Å²) in [4.78, 5) is 36.2. The first-order valence-corrected chi connectivity index (χ1v) is 8.06. The molecule has 1 aliphatic carbocycles. The highest BCUT2D eigenvalue weighted by Crippen LogP contribution is 2.23. The van der Waals surface area contributed by atoms with Crippen molar-refractivity contribution in [1.29, 1.82) is 0 Å². The van der Waals surface area contributed by atoms with E-state index >= 15 is 0 Å². The molecule has 0 bridgehead atoms. The number of carbonyl (C=O) groups is 3. The van der Waals surface area contributed by atoms with Gasteiger partial charge in [0.2, 0.25) is 11.8 Å². The van der Waals surface area contributed by atoms with Crippen molar-refractivity contribution in [3.8, 4) is 0 Å². The van der Waals surface area contributed by atoms with Gasteiger partial charge in [0.15, 0.2) is 0 Å². The van der Waals surface area contributed by atoms with Crippen molar-refractivity contribution in [2.24, 2.45) is 0 Å². The average molecular weight is 331 g/mol. The normalized spacial score (nSPS) is 26.2. The van der Waals surface area contributed by atoms with E-state index in [2.05, 4.69) is 10.6 Å². The summed E-state index contributed by atoms with van der Waals surface area (Å²) < 4.78 is 5.17. The van der Waals surface area contributed by atoms with Gasteiger partial charge in [-0.1, -0.05) is 30.3 Å². The Labute approximate surface area is 140 Å². The highest BCUT2D eigenvalue weighted by Gasteiger charge is 2.40. The van der Waals surface area contributed by atoms with Crippen molar-refractivity contribution in [3.63, 3.8) is 0 Å². The minimum atomic E-state index is -0.436. The zero-order valence-electron chi connectivity index (χ0n) is 13.5. The second-order valence-corrected chi connectivity index (χ2v) is 6.29. The molecule has 1 saturated heterocycles. The van der Waals surface area contributed by atoms with E-state index in [4.69, 9.17) is 4.74 Å². The molecule has 1 aliphatic heterocycles. The van der Waals surface area contributed by atoms with E-state index in [1.165, 1.54) is 7.05 Å². The largest absolute Gasteiger partial charge is 0.445 e. The number of ether oxygens (including phenoxy) is 1. The number of hydrogen-bond donors (Lipinski definition) is 2. The van der Waals surface area contributed by atoms with Crippen molar-refractivity contribution in [3.05, 3.63) is 35.9 Å². The molecule has 24 heavy (non-hydrogen) atoms. The van der Waals surface area contributed by atoms with Crippen LogP contribution in [0.3, 0.4) is 0 Å². The van der Waals surface area contributed by atoms with Crippen molar-refractivity contribution in [2.45, 2.75) is 44.0 Å². The van der Waals surface area contributed by atoms with E-state index in [-0.39, 0.29) is 36.9 Å². The number of likely N-dealkylation sites (tertiary alicyclic amines) is 1. The Morgan fingerprint density at radius 3 is 2.54 bits per heavy atom. The number of alkyl carbamates (subject to hydrolysis) is 1. The molecule has 1 saturated carbocycles. The van der Waals surface area contributed by atoms with Gasteiger partial charge in [0, 0.05) is 19.1 Å².